The van der Waals surface area contributed by atoms with Gasteiger partial charge in [0.1, 0.15) is 0 Å². The highest BCUT2D eigenvalue weighted by atomic mass is 16.5. The van der Waals surface area contributed by atoms with Crippen LogP contribution in [0.5, 0.6) is 0 Å². The Hall–Kier alpha value is -0.610. The largest absolute Gasteiger partial charge is 0.379 e. The molecule has 1 saturated heterocycles. The predicted molar refractivity (Wildman–Crippen MR) is 66.5 cm³/mol. The smallest absolute Gasteiger partial charge is 0.223 e. The molecule has 4 heteroatoms. The fourth-order valence-corrected chi connectivity index (χ4v) is 2.76. The Labute approximate surface area is 103 Å². The molecular weight excluding hydrogens is 216 g/mol. The first-order chi connectivity index (χ1) is 8.00. The lowest BCUT2D eigenvalue weighted by Gasteiger charge is -2.33. The molecule has 2 fully saturated rings. The van der Waals surface area contributed by atoms with Gasteiger partial charge in [-0.2, -0.15) is 0 Å². The van der Waals surface area contributed by atoms with Crippen LogP contribution in [0, 0.1) is 11.8 Å². The van der Waals surface area contributed by atoms with Crippen molar-refractivity contribution in [1.82, 2.24) is 5.32 Å². The van der Waals surface area contributed by atoms with Crippen molar-refractivity contribution in [1.29, 1.82) is 0 Å². The van der Waals surface area contributed by atoms with Crippen LogP contribution in [-0.4, -0.2) is 30.7 Å². The minimum absolute atomic E-state index is 0.0959. The molecule has 2 rings (SSSR count). The van der Waals surface area contributed by atoms with Crippen LogP contribution >= 0.6 is 0 Å². The summed E-state index contributed by atoms with van der Waals surface area (Å²) in [6, 6.07) is 0.173. The molecule has 1 aliphatic carbocycles. The van der Waals surface area contributed by atoms with Gasteiger partial charge in [0.2, 0.25) is 5.91 Å². The van der Waals surface area contributed by atoms with E-state index in [1.54, 1.807) is 0 Å². The van der Waals surface area contributed by atoms with E-state index in [1.807, 2.05) is 0 Å². The third kappa shape index (κ3) is 2.99. The van der Waals surface area contributed by atoms with Crippen LogP contribution in [0.4, 0.5) is 0 Å². The standard InChI is InChI=1S/C13H24N2O2/c1-9-3-4-10(7-11(9)14)12(16)15-13(2)5-6-17-8-13/h9-11H,3-8,14H2,1-2H3,(H,15,16). The van der Waals surface area contributed by atoms with Gasteiger partial charge in [-0.25, -0.2) is 0 Å². The predicted octanol–water partition coefficient (Wildman–Crippen LogP) is 1.05. The van der Waals surface area contributed by atoms with Crippen LogP contribution in [-0.2, 0) is 9.53 Å². The van der Waals surface area contributed by atoms with Crippen molar-refractivity contribution in [3.8, 4) is 0 Å². The van der Waals surface area contributed by atoms with Crippen LogP contribution in [0.1, 0.15) is 39.5 Å². The Kier molecular flexibility index (Phi) is 3.73. The normalized spacial score (nSPS) is 42.4. The zero-order valence-electron chi connectivity index (χ0n) is 10.9. The van der Waals surface area contributed by atoms with Crippen molar-refractivity contribution < 1.29 is 9.53 Å². The second-order valence-electron chi connectivity index (χ2n) is 6.00. The average molecular weight is 240 g/mol. The maximum absolute atomic E-state index is 12.2. The van der Waals surface area contributed by atoms with E-state index < -0.39 is 0 Å². The number of nitrogens with two attached hydrogens (primary N) is 1. The minimum Gasteiger partial charge on any atom is -0.379 e. The lowest BCUT2D eigenvalue weighted by atomic mass is 9.79. The number of hydrogen-bond donors (Lipinski definition) is 2. The van der Waals surface area contributed by atoms with Gasteiger partial charge in [-0.1, -0.05) is 6.92 Å². The molecule has 0 aromatic heterocycles. The molecule has 17 heavy (non-hydrogen) atoms. The summed E-state index contributed by atoms with van der Waals surface area (Å²) in [6.45, 7) is 5.61. The number of rotatable bonds is 2. The summed E-state index contributed by atoms with van der Waals surface area (Å²) in [5, 5.41) is 3.14. The quantitative estimate of drug-likeness (QED) is 0.758. The Balaban J connectivity index is 1.88. The molecule has 4 unspecified atom stereocenters. The first-order valence-electron chi connectivity index (χ1n) is 6.65. The molecule has 1 amide bonds. The van der Waals surface area contributed by atoms with Gasteiger partial charge in [-0.3, -0.25) is 4.79 Å². The third-order valence-electron chi connectivity index (χ3n) is 4.27. The van der Waals surface area contributed by atoms with E-state index in [0.29, 0.717) is 12.5 Å². The topological polar surface area (TPSA) is 64.3 Å². The van der Waals surface area contributed by atoms with Gasteiger partial charge in [0, 0.05) is 18.6 Å². The Morgan fingerprint density at radius 1 is 1.47 bits per heavy atom. The van der Waals surface area contributed by atoms with Crippen molar-refractivity contribution >= 4 is 5.91 Å². The zero-order valence-corrected chi connectivity index (χ0v) is 10.9. The van der Waals surface area contributed by atoms with Crippen LogP contribution in [0.2, 0.25) is 0 Å². The number of carbonyl (C=O) groups excluding carboxylic acids is 1. The molecule has 0 aromatic rings. The first-order valence-corrected chi connectivity index (χ1v) is 6.65. The molecule has 0 bridgehead atoms. The van der Waals surface area contributed by atoms with Crippen LogP contribution in [0.3, 0.4) is 0 Å². The molecule has 3 N–H and O–H groups in total. The van der Waals surface area contributed by atoms with Crippen molar-refractivity contribution in [3.05, 3.63) is 0 Å². The third-order valence-corrected chi connectivity index (χ3v) is 4.27. The van der Waals surface area contributed by atoms with E-state index in [9.17, 15) is 4.79 Å². The monoisotopic (exact) mass is 240 g/mol. The molecule has 0 spiro atoms. The van der Waals surface area contributed by atoms with E-state index in [0.717, 1.165) is 32.3 Å². The van der Waals surface area contributed by atoms with E-state index in [2.05, 4.69) is 19.2 Å². The van der Waals surface area contributed by atoms with E-state index in [4.69, 9.17) is 10.5 Å². The van der Waals surface area contributed by atoms with Crippen molar-refractivity contribution in [2.24, 2.45) is 17.6 Å². The maximum Gasteiger partial charge on any atom is 0.223 e. The Morgan fingerprint density at radius 3 is 2.82 bits per heavy atom. The summed E-state index contributed by atoms with van der Waals surface area (Å²) in [5.41, 5.74) is 5.88. The molecule has 98 valence electrons. The van der Waals surface area contributed by atoms with Crippen LogP contribution in [0.15, 0.2) is 0 Å². The van der Waals surface area contributed by atoms with Crippen molar-refractivity contribution in [2.45, 2.75) is 51.1 Å². The number of ether oxygens (including phenoxy) is 1. The van der Waals surface area contributed by atoms with E-state index >= 15 is 0 Å². The number of amides is 1. The molecule has 0 aromatic carbocycles. The molecule has 1 saturated carbocycles. The van der Waals surface area contributed by atoms with Gasteiger partial charge in [-0.15, -0.1) is 0 Å². The van der Waals surface area contributed by atoms with Crippen LogP contribution in [0.25, 0.3) is 0 Å². The van der Waals surface area contributed by atoms with Gasteiger partial charge in [-0.05, 0) is 38.5 Å². The summed E-state index contributed by atoms with van der Waals surface area (Å²) < 4.78 is 5.35. The molecule has 4 atom stereocenters. The van der Waals surface area contributed by atoms with Crippen LogP contribution < -0.4 is 11.1 Å². The summed E-state index contributed by atoms with van der Waals surface area (Å²) in [7, 11) is 0. The Morgan fingerprint density at radius 2 is 2.24 bits per heavy atom. The van der Waals surface area contributed by atoms with Gasteiger partial charge in [0.15, 0.2) is 0 Å². The minimum atomic E-state index is -0.162. The second-order valence-corrected chi connectivity index (χ2v) is 6.00. The van der Waals surface area contributed by atoms with Gasteiger partial charge in [0.05, 0.1) is 12.1 Å². The van der Waals surface area contributed by atoms with Crippen molar-refractivity contribution in [2.75, 3.05) is 13.2 Å². The highest BCUT2D eigenvalue weighted by molar-refractivity contribution is 5.79. The Bertz CT molecular complexity index is 287. The fraction of sp³-hybridized carbons (Fsp3) is 0.923. The zero-order chi connectivity index (χ0) is 12.5. The summed E-state index contributed by atoms with van der Waals surface area (Å²) in [4.78, 5) is 12.2. The summed E-state index contributed by atoms with van der Waals surface area (Å²) >= 11 is 0. The SMILES string of the molecule is CC1CCC(C(=O)NC2(C)CCOC2)CC1N. The first kappa shape index (κ1) is 12.8. The number of carbonyl (C=O) groups is 1. The summed E-state index contributed by atoms with van der Waals surface area (Å²) in [5.74, 6) is 0.809. The molecular formula is C13H24N2O2. The lowest BCUT2D eigenvalue weighted by molar-refractivity contribution is -0.128. The molecule has 4 nitrogen and oxygen atoms in total. The van der Waals surface area contributed by atoms with Gasteiger partial charge in [0.25, 0.3) is 0 Å². The average Bonchev–Trinajstić information content (AvgIpc) is 2.69. The van der Waals surface area contributed by atoms with E-state index in [1.165, 1.54) is 0 Å². The summed E-state index contributed by atoms with van der Waals surface area (Å²) in [6.07, 6.45) is 3.77. The van der Waals surface area contributed by atoms with Gasteiger partial charge >= 0.3 is 0 Å². The molecule has 1 heterocycles. The van der Waals surface area contributed by atoms with Crippen molar-refractivity contribution in [3.63, 3.8) is 0 Å². The van der Waals surface area contributed by atoms with E-state index in [-0.39, 0.29) is 23.4 Å². The van der Waals surface area contributed by atoms with Gasteiger partial charge < -0.3 is 15.8 Å². The fourth-order valence-electron chi connectivity index (χ4n) is 2.76. The molecule has 2 aliphatic rings. The molecule has 0 radical (unpaired) electrons. The lowest BCUT2D eigenvalue weighted by Crippen LogP contribution is -2.50. The number of hydrogen-bond acceptors (Lipinski definition) is 3. The second kappa shape index (κ2) is 4.94. The highest BCUT2D eigenvalue weighted by Crippen LogP contribution is 2.29. The number of nitrogens with one attached hydrogen (secondary N) is 1. The highest BCUT2D eigenvalue weighted by Gasteiger charge is 2.35. The maximum atomic E-state index is 12.2. The molecule has 1 aliphatic heterocycles.